The van der Waals surface area contributed by atoms with Gasteiger partial charge in [0, 0.05) is 12.8 Å². The largest absolute Gasteiger partial charge is 0.472 e. The molecular formula is C69H130N2O7P+. The Morgan fingerprint density at radius 3 is 1.16 bits per heavy atom. The topological polar surface area (TPSA) is 111 Å². The highest BCUT2D eigenvalue weighted by molar-refractivity contribution is 7.47. The number of hydrogen-bond acceptors (Lipinski definition) is 6. The molecule has 0 aliphatic carbocycles. The van der Waals surface area contributed by atoms with Crippen LogP contribution in [0.5, 0.6) is 0 Å². The summed E-state index contributed by atoms with van der Waals surface area (Å²) >= 11 is 0. The molecule has 79 heavy (non-hydrogen) atoms. The smallest absolute Gasteiger partial charge is 0.456 e. The van der Waals surface area contributed by atoms with Crippen molar-refractivity contribution in [3.63, 3.8) is 0 Å². The van der Waals surface area contributed by atoms with E-state index in [1.807, 2.05) is 33.3 Å². The van der Waals surface area contributed by atoms with Gasteiger partial charge < -0.3 is 19.4 Å². The van der Waals surface area contributed by atoms with Crippen LogP contribution in [0.3, 0.4) is 0 Å². The Bertz CT molecular complexity index is 1540. The Hall–Kier alpha value is -2.29. The first-order chi connectivity index (χ1) is 38.4. The Balaban J connectivity index is 5.17. The minimum atomic E-state index is -4.45. The average Bonchev–Trinajstić information content (AvgIpc) is 3.41. The number of carbonyl (C=O) groups is 2. The number of quaternary nitrogens is 1. The molecule has 0 bridgehead atoms. The highest BCUT2D eigenvalue weighted by Crippen LogP contribution is 2.43. The standard InChI is InChI=1S/C69H129N2O7P/c1-7-10-13-16-19-22-25-28-30-32-33-34-35-36-37-39-41-44-47-50-53-56-59-62-69(73)78-67(60-57-54-51-48-45-42-27-24-21-18-15-12-9-3)66(65-77-79(74,75)76-64-63-71(4,5)6)70-68(72)61-58-55-52-49-46-43-40-38-31-29-26-23-20-17-14-11-8-2/h19-20,22-23,28-31,57,60,66-67H,7-18,21,24-27,32-56,58-59,61-65H2,1-6H3,(H-,70,72,74,75)/p+1/b22-19-,23-20-,30-28-,31-29-,60-57-. The van der Waals surface area contributed by atoms with E-state index in [1.165, 1.54) is 199 Å². The van der Waals surface area contributed by atoms with Gasteiger partial charge in [-0.05, 0) is 96.0 Å². The summed E-state index contributed by atoms with van der Waals surface area (Å²) < 4.78 is 30.8. The number of likely N-dealkylation sites (N-methyl/N-ethyl adjacent to an activating group) is 1. The number of phosphoric ester groups is 1. The number of unbranched alkanes of at least 4 members (excludes halogenated alkanes) is 37. The number of esters is 1. The van der Waals surface area contributed by atoms with Gasteiger partial charge in [0.1, 0.15) is 19.3 Å². The number of nitrogens with zero attached hydrogens (tertiary/aromatic N) is 1. The van der Waals surface area contributed by atoms with Crippen molar-refractivity contribution in [2.75, 3.05) is 40.9 Å². The lowest BCUT2D eigenvalue weighted by atomic mass is 10.0. The predicted molar refractivity (Wildman–Crippen MR) is 342 cm³/mol. The normalized spacial score (nSPS) is 14.0. The molecule has 0 saturated carbocycles. The summed E-state index contributed by atoms with van der Waals surface area (Å²) in [6, 6.07) is -0.854. The van der Waals surface area contributed by atoms with Gasteiger partial charge in [-0.15, -0.1) is 0 Å². The third-order valence-electron chi connectivity index (χ3n) is 14.9. The summed E-state index contributed by atoms with van der Waals surface area (Å²) in [4.78, 5) is 37.8. The first kappa shape index (κ1) is 76.7. The molecule has 0 radical (unpaired) electrons. The summed E-state index contributed by atoms with van der Waals surface area (Å²) in [6.45, 7) is 6.99. The zero-order valence-electron chi connectivity index (χ0n) is 52.9. The van der Waals surface area contributed by atoms with Crippen LogP contribution >= 0.6 is 7.82 Å². The van der Waals surface area contributed by atoms with Gasteiger partial charge in [0.2, 0.25) is 5.91 Å². The van der Waals surface area contributed by atoms with Crippen molar-refractivity contribution in [3.8, 4) is 0 Å². The van der Waals surface area contributed by atoms with E-state index in [0.717, 1.165) is 83.5 Å². The van der Waals surface area contributed by atoms with Gasteiger partial charge in [0.05, 0.1) is 33.8 Å². The molecule has 3 unspecified atom stereocenters. The molecule has 0 aromatic rings. The van der Waals surface area contributed by atoms with Crippen LogP contribution in [0, 0.1) is 0 Å². The summed E-state index contributed by atoms with van der Waals surface area (Å²) in [5.41, 5.74) is 0. The third kappa shape index (κ3) is 60.1. The quantitative estimate of drug-likeness (QED) is 0.0205. The van der Waals surface area contributed by atoms with Gasteiger partial charge in [-0.25, -0.2) is 4.57 Å². The molecule has 1 amide bonds. The number of rotatable bonds is 61. The fraction of sp³-hybridized carbons (Fsp3) is 0.826. The number of nitrogens with one attached hydrogen (secondary N) is 1. The SMILES string of the molecule is CCCCC/C=C\C/C=C\CCCCCCCCCCCCCCCC(=O)OC(/C=C\CCCCCCCCCCCCC)C(COP(=O)(O)OCC[N+](C)(C)C)NC(=O)CCCCCCCCC/C=C\C/C=C\CCCCC. The number of allylic oxidation sites excluding steroid dienone is 9. The van der Waals surface area contributed by atoms with Crippen molar-refractivity contribution >= 4 is 19.7 Å². The van der Waals surface area contributed by atoms with Crippen LogP contribution in [0.2, 0.25) is 0 Å². The van der Waals surface area contributed by atoms with Crippen LogP contribution < -0.4 is 5.32 Å². The van der Waals surface area contributed by atoms with E-state index in [0.29, 0.717) is 17.4 Å². The maximum absolute atomic E-state index is 13.6. The van der Waals surface area contributed by atoms with E-state index in [2.05, 4.69) is 74.7 Å². The van der Waals surface area contributed by atoms with E-state index in [9.17, 15) is 19.0 Å². The molecule has 0 aromatic carbocycles. The zero-order valence-corrected chi connectivity index (χ0v) is 53.8. The molecule has 0 aliphatic rings. The van der Waals surface area contributed by atoms with Gasteiger partial charge >= 0.3 is 13.8 Å². The van der Waals surface area contributed by atoms with E-state index < -0.39 is 20.0 Å². The van der Waals surface area contributed by atoms with Crippen molar-refractivity contribution in [1.82, 2.24) is 5.32 Å². The highest BCUT2D eigenvalue weighted by Gasteiger charge is 2.30. The summed E-state index contributed by atoms with van der Waals surface area (Å²) in [5, 5.41) is 3.06. The summed E-state index contributed by atoms with van der Waals surface area (Å²) in [5.74, 6) is -0.505. The van der Waals surface area contributed by atoms with E-state index in [1.54, 1.807) is 0 Å². The van der Waals surface area contributed by atoms with E-state index >= 15 is 0 Å². The second kappa shape index (κ2) is 58.9. The molecule has 0 fully saturated rings. The second-order valence-electron chi connectivity index (χ2n) is 24.0. The molecule has 3 atom stereocenters. The Morgan fingerprint density at radius 2 is 0.772 bits per heavy atom. The van der Waals surface area contributed by atoms with Crippen molar-refractivity contribution in [2.24, 2.45) is 0 Å². The van der Waals surface area contributed by atoms with Crippen LogP contribution in [-0.4, -0.2) is 74.3 Å². The van der Waals surface area contributed by atoms with Gasteiger partial charge in [-0.3, -0.25) is 18.6 Å². The van der Waals surface area contributed by atoms with Crippen molar-refractivity contribution < 1.29 is 37.3 Å². The molecule has 9 nitrogen and oxygen atoms in total. The lowest BCUT2D eigenvalue weighted by Gasteiger charge is -2.27. The molecule has 0 heterocycles. The maximum Gasteiger partial charge on any atom is 0.472 e. The molecule has 462 valence electrons. The van der Waals surface area contributed by atoms with Crippen molar-refractivity contribution in [3.05, 3.63) is 60.8 Å². The zero-order chi connectivity index (χ0) is 57.9. The number of amides is 1. The lowest BCUT2D eigenvalue weighted by Crippen LogP contribution is -2.47. The summed E-state index contributed by atoms with van der Waals surface area (Å²) in [6.07, 6.45) is 75.0. The molecule has 0 aromatic heterocycles. The fourth-order valence-corrected chi connectivity index (χ4v) is 10.4. The Kier molecular flexibility index (Phi) is 57.2. The van der Waals surface area contributed by atoms with Gasteiger partial charge in [0.25, 0.3) is 0 Å². The number of carbonyl (C=O) groups excluding carboxylic acids is 2. The van der Waals surface area contributed by atoms with Crippen LogP contribution in [0.1, 0.15) is 316 Å². The molecule has 2 N–H and O–H groups in total. The average molecular weight is 1130 g/mol. The van der Waals surface area contributed by atoms with Gasteiger partial charge in [0.15, 0.2) is 0 Å². The first-order valence-electron chi connectivity index (χ1n) is 33.6. The molecule has 10 heteroatoms. The third-order valence-corrected chi connectivity index (χ3v) is 15.9. The van der Waals surface area contributed by atoms with Crippen LogP contribution in [0.25, 0.3) is 0 Å². The number of hydrogen-bond donors (Lipinski definition) is 2. The Morgan fingerprint density at radius 1 is 0.443 bits per heavy atom. The van der Waals surface area contributed by atoms with Crippen LogP contribution in [0.15, 0.2) is 60.8 Å². The van der Waals surface area contributed by atoms with Crippen molar-refractivity contribution in [1.29, 1.82) is 0 Å². The van der Waals surface area contributed by atoms with Crippen LogP contribution in [0.4, 0.5) is 0 Å². The molecule has 0 spiro atoms. The molecule has 0 rings (SSSR count). The monoisotopic (exact) mass is 1130 g/mol. The fourth-order valence-electron chi connectivity index (χ4n) is 9.71. The first-order valence-corrected chi connectivity index (χ1v) is 35.1. The van der Waals surface area contributed by atoms with Gasteiger partial charge in [-0.1, -0.05) is 268 Å². The maximum atomic E-state index is 13.6. The van der Waals surface area contributed by atoms with Crippen LogP contribution in [-0.2, 0) is 27.9 Å². The minimum Gasteiger partial charge on any atom is -0.456 e. The molecule has 0 aliphatic heterocycles. The molecule has 0 saturated heterocycles. The predicted octanol–water partition coefficient (Wildman–Crippen LogP) is 21.0. The highest BCUT2D eigenvalue weighted by atomic mass is 31.2. The van der Waals surface area contributed by atoms with E-state index in [-0.39, 0.29) is 31.5 Å². The van der Waals surface area contributed by atoms with Gasteiger partial charge in [-0.2, -0.15) is 0 Å². The number of phosphoric acid groups is 1. The lowest BCUT2D eigenvalue weighted by molar-refractivity contribution is -0.870. The second-order valence-corrected chi connectivity index (χ2v) is 25.4. The number of ether oxygens (including phenoxy) is 1. The Labute approximate surface area is 490 Å². The minimum absolute atomic E-state index is 0.0382. The summed E-state index contributed by atoms with van der Waals surface area (Å²) in [7, 11) is 1.50. The molecular weight excluding hydrogens is 1000 g/mol. The van der Waals surface area contributed by atoms with Crippen molar-refractivity contribution in [2.45, 2.75) is 328 Å². The van der Waals surface area contributed by atoms with E-state index in [4.69, 9.17) is 13.8 Å².